The van der Waals surface area contributed by atoms with Crippen molar-refractivity contribution in [2.45, 2.75) is 38.6 Å². The lowest BCUT2D eigenvalue weighted by Gasteiger charge is -2.43. The highest BCUT2D eigenvalue weighted by Crippen LogP contribution is 2.48. The van der Waals surface area contributed by atoms with E-state index in [1.807, 2.05) is 0 Å². The zero-order chi connectivity index (χ0) is 20.9. The summed E-state index contributed by atoms with van der Waals surface area (Å²) in [6.07, 6.45) is 3.52. The average Bonchev–Trinajstić information content (AvgIpc) is 2.88. The molecule has 1 aliphatic carbocycles. The number of carbonyl (C=O) groups is 2. The zero-order valence-corrected chi connectivity index (χ0v) is 16.7. The van der Waals surface area contributed by atoms with E-state index in [-0.39, 0.29) is 28.2 Å². The van der Waals surface area contributed by atoms with Crippen LogP contribution in [0.25, 0.3) is 4.85 Å². The van der Waals surface area contributed by atoms with Crippen LogP contribution in [0.5, 0.6) is 0 Å². The van der Waals surface area contributed by atoms with Crippen molar-refractivity contribution < 1.29 is 14.0 Å². The molecule has 2 fully saturated rings. The molecule has 8 heteroatoms. The van der Waals surface area contributed by atoms with Crippen LogP contribution >= 0.6 is 12.2 Å². The van der Waals surface area contributed by atoms with Gasteiger partial charge in [0.2, 0.25) is 0 Å². The highest BCUT2D eigenvalue weighted by molar-refractivity contribution is 7.81. The van der Waals surface area contributed by atoms with Crippen molar-refractivity contribution in [1.29, 1.82) is 0 Å². The summed E-state index contributed by atoms with van der Waals surface area (Å²) in [6.45, 7) is 10.2. The fraction of sp³-hybridized carbons (Fsp3) is 0.286. The van der Waals surface area contributed by atoms with Gasteiger partial charge in [-0.15, -0.1) is 4.98 Å². The van der Waals surface area contributed by atoms with Crippen LogP contribution < -0.4 is 9.80 Å². The van der Waals surface area contributed by atoms with Gasteiger partial charge in [0.25, 0.3) is 11.7 Å². The van der Waals surface area contributed by atoms with E-state index in [9.17, 15) is 14.0 Å². The number of thiocarbonyl (C=S) groups is 1. The minimum Gasteiger partial charge on any atom is -0.360 e. The number of aryl methyl sites for hydroxylation is 1. The second-order valence-corrected chi connectivity index (χ2v) is 7.67. The summed E-state index contributed by atoms with van der Waals surface area (Å²) in [6, 6.07) is 6.01. The Balaban J connectivity index is 1.80. The van der Waals surface area contributed by atoms with E-state index in [1.54, 1.807) is 24.0 Å². The molecule has 1 amide bonds. The van der Waals surface area contributed by atoms with Gasteiger partial charge in [-0.1, -0.05) is 6.57 Å². The highest BCUT2D eigenvalue weighted by atomic mass is 32.1. The van der Waals surface area contributed by atoms with E-state index in [4.69, 9.17) is 18.8 Å². The Hall–Kier alpha value is -3.18. The number of hydrogen-bond acceptors (Lipinski definition) is 4. The number of aromatic nitrogens is 1. The fourth-order valence-corrected chi connectivity index (χ4v) is 4.40. The number of carbonyl (C=O) groups excluding carboxylic acids is 2. The van der Waals surface area contributed by atoms with Crippen LogP contribution in [0, 0.1) is 19.3 Å². The Kier molecular flexibility index (Phi) is 4.43. The molecule has 0 N–H and O–H groups in total. The molecule has 1 spiro atoms. The molecule has 2 heterocycles. The minimum absolute atomic E-state index is 0.000681. The first-order valence-corrected chi connectivity index (χ1v) is 9.54. The standard InChI is InChI=1S/C21H17FN4O2S/c1-12-9-15(11-24-18(12)23-3)25-19(28)21(7-4-8-21)26(20(25)29)14-5-6-16(13(2)27)17(22)10-14/h5-6,9-11H,4,7-8H2,1-2H3. The van der Waals surface area contributed by atoms with Gasteiger partial charge in [-0.25, -0.2) is 4.39 Å². The third-order valence-electron chi connectivity index (χ3n) is 5.58. The van der Waals surface area contributed by atoms with E-state index < -0.39 is 11.4 Å². The van der Waals surface area contributed by atoms with Gasteiger partial charge in [0.1, 0.15) is 17.6 Å². The fourth-order valence-electron chi connectivity index (χ4n) is 3.93. The van der Waals surface area contributed by atoms with Crippen LogP contribution in [-0.4, -0.2) is 27.3 Å². The van der Waals surface area contributed by atoms with Gasteiger partial charge in [0.05, 0.1) is 11.3 Å². The monoisotopic (exact) mass is 408 g/mol. The number of pyridine rings is 1. The van der Waals surface area contributed by atoms with E-state index in [2.05, 4.69) is 9.83 Å². The van der Waals surface area contributed by atoms with E-state index in [0.717, 1.165) is 6.42 Å². The van der Waals surface area contributed by atoms with Crippen LogP contribution in [0.4, 0.5) is 21.6 Å². The van der Waals surface area contributed by atoms with Gasteiger partial charge in [0.15, 0.2) is 10.9 Å². The van der Waals surface area contributed by atoms with Crippen LogP contribution in [0.15, 0.2) is 30.5 Å². The quantitative estimate of drug-likeness (QED) is 0.430. The molecule has 146 valence electrons. The smallest absolute Gasteiger partial charge is 0.272 e. The number of anilines is 2. The first kappa shape index (κ1) is 19.2. The number of rotatable bonds is 3. The van der Waals surface area contributed by atoms with Crippen LogP contribution in [0.3, 0.4) is 0 Å². The highest BCUT2D eigenvalue weighted by Gasteiger charge is 2.59. The lowest BCUT2D eigenvalue weighted by atomic mass is 9.75. The van der Waals surface area contributed by atoms with Crippen molar-refractivity contribution in [3.63, 3.8) is 0 Å². The minimum atomic E-state index is -0.854. The summed E-state index contributed by atoms with van der Waals surface area (Å²) in [5, 5.41) is 0.237. The Morgan fingerprint density at radius 1 is 1.31 bits per heavy atom. The van der Waals surface area contributed by atoms with Gasteiger partial charge in [-0.05, 0) is 75.2 Å². The normalized spacial score (nSPS) is 17.4. The molecule has 0 radical (unpaired) electrons. The lowest BCUT2D eigenvalue weighted by molar-refractivity contribution is -0.123. The van der Waals surface area contributed by atoms with Crippen LogP contribution in [-0.2, 0) is 4.79 Å². The molecule has 1 aromatic heterocycles. The zero-order valence-electron chi connectivity index (χ0n) is 15.9. The predicted octanol–water partition coefficient (Wildman–Crippen LogP) is 4.34. The maximum Gasteiger partial charge on any atom is 0.272 e. The van der Waals surface area contributed by atoms with Crippen molar-refractivity contribution >= 4 is 46.2 Å². The van der Waals surface area contributed by atoms with Gasteiger partial charge in [-0.2, -0.15) is 0 Å². The molecule has 1 aromatic carbocycles. The van der Waals surface area contributed by atoms with E-state index in [1.165, 1.54) is 30.2 Å². The first-order valence-electron chi connectivity index (χ1n) is 9.13. The Morgan fingerprint density at radius 3 is 2.55 bits per heavy atom. The third kappa shape index (κ3) is 2.73. The molecule has 1 saturated heterocycles. The van der Waals surface area contributed by atoms with Crippen molar-refractivity contribution in [2.75, 3.05) is 9.80 Å². The topological polar surface area (TPSA) is 57.9 Å². The predicted molar refractivity (Wildman–Crippen MR) is 111 cm³/mol. The Bertz CT molecular complexity index is 1120. The molecule has 1 aliphatic heterocycles. The molecule has 0 atom stereocenters. The molecule has 29 heavy (non-hydrogen) atoms. The van der Waals surface area contributed by atoms with Crippen molar-refractivity contribution in [1.82, 2.24) is 4.98 Å². The number of halogens is 1. The summed E-state index contributed by atoms with van der Waals surface area (Å²) in [5.41, 5.74) is 0.716. The number of Topliss-reactive ketones (excluding diaryl/α,β-unsaturated/α-hetero) is 1. The number of ketones is 1. The maximum atomic E-state index is 14.5. The van der Waals surface area contributed by atoms with Crippen LogP contribution in [0.1, 0.15) is 42.1 Å². The number of benzene rings is 1. The summed E-state index contributed by atoms with van der Waals surface area (Å²) in [7, 11) is 0. The first-order chi connectivity index (χ1) is 13.8. The Morgan fingerprint density at radius 2 is 2.03 bits per heavy atom. The van der Waals surface area contributed by atoms with Crippen molar-refractivity contribution in [3.8, 4) is 0 Å². The molecule has 2 aromatic rings. The van der Waals surface area contributed by atoms with Gasteiger partial charge in [0, 0.05) is 5.69 Å². The molecule has 4 rings (SSSR count). The van der Waals surface area contributed by atoms with Gasteiger partial charge < -0.3 is 9.74 Å². The molecular formula is C21H17FN4O2S. The average molecular weight is 408 g/mol. The lowest BCUT2D eigenvalue weighted by Crippen LogP contribution is -2.55. The third-order valence-corrected chi connectivity index (χ3v) is 5.95. The maximum absolute atomic E-state index is 14.5. The van der Waals surface area contributed by atoms with Crippen LogP contribution in [0.2, 0.25) is 0 Å². The second-order valence-electron chi connectivity index (χ2n) is 7.31. The molecule has 1 saturated carbocycles. The van der Waals surface area contributed by atoms with Gasteiger partial charge in [-0.3, -0.25) is 14.5 Å². The van der Waals surface area contributed by atoms with E-state index in [0.29, 0.717) is 29.8 Å². The summed E-state index contributed by atoms with van der Waals surface area (Å²) < 4.78 is 14.5. The van der Waals surface area contributed by atoms with Gasteiger partial charge >= 0.3 is 0 Å². The molecule has 0 unspecified atom stereocenters. The molecule has 6 nitrogen and oxygen atoms in total. The SMILES string of the molecule is [C-]#[N+]c1ncc(N2C(=O)C3(CCC3)N(c3ccc(C(C)=O)c(F)c3)C2=S)cc1C. The summed E-state index contributed by atoms with van der Waals surface area (Å²) in [5.74, 6) is -0.919. The number of hydrogen-bond donors (Lipinski definition) is 0. The number of nitrogens with zero attached hydrogens (tertiary/aromatic N) is 4. The van der Waals surface area contributed by atoms with Crippen molar-refractivity contribution in [3.05, 3.63) is 58.8 Å². The summed E-state index contributed by atoms with van der Waals surface area (Å²) in [4.78, 5) is 35.5. The molecular weight excluding hydrogens is 391 g/mol. The summed E-state index contributed by atoms with van der Waals surface area (Å²) >= 11 is 5.64. The Labute approximate surface area is 172 Å². The number of amides is 1. The molecule has 2 aliphatic rings. The molecule has 0 bridgehead atoms. The van der Waals surface area contributed by atoms with E-state index >= 15 is 0 Å². The largest absolute Gasteiger partial charge is 0.360 e. The second kappa shape index (κ2) is 6.71. The van der Waals surface area contributed by atoms with Crippen molar-refractivity contribution in [2.24, 2.45) is 0 Å².